The lowest BCUT2D eigenvalue weighted by molar-refractivity contribution is 0.0683. The number of amides is 1. The number of likely N-dealkylation sites (tertiary alicyclic amines) is 1. The van der Waals surface area contributed by atoms with Gasteiger partial charge in [0.05, 0.1) is 11.3 Å². The summed E-state index contributed by atoms with van der Waals surface area (Å²) in [6.07, 6.45) is 5.07. The normalized spacial score (nSPS) is 15.4. The third kappa shape index (κ3) is 4.86. The van der Waals surface area contributed by atoms with Gasteiger partial charge in [-0.1, -0.05) is 16.9 Å². The van der Waals surface area contributed by atoms with Gasteiger partial charge in [-0.15, -0.1) is 0 Å². The van der Waals surface area contributed by atoms with E-state index in [2.05, 4.69) is 15.5 Å². The number of thioether (sulfide) groups is 1. The molecule has 0 radical (unpaired) electrons. The fourth-order valence-electron chi connectivity index (χ4n) is 3.24. The first-order valence-corrected chi connectivity index (χ1v) is 10.1. The minimum absolute atomic E-state index is 0.0870. The Balaban J connectivity index is 1.61. The van der Waals surface area contributed by atoms with Crippen LogP contribution < -0.4 is 5.32 Å². The van der Waals surface area contributed by atoms with Gasteiger partial charge < -0.3 is 14.7 Å². The van der Waals surface area contributed by atoms with Gasteiger partial charge in [-0.05, 0) is 57.8 Å². The van der Waals surface area contributed by atoms with Crippen LogP contribution in [0.5, 0.6) is 0 Å². The molecule has 1 amide bonds. The van der Waals surface area contributed by atoms with Crippen LogP contribution in [0.1, 0.15) is 41.1 Å². The van der Waals surface area contributed by atoms with Crippen molar-refractivity contribution in [3.8, 4) is 0 Å². The van der Waals surface area contributed by atoms with Crippen molar-refractivity contribution in [2.24, 2.45) is 5.92 Å². The molecular formula is C19H26N4O2S. The molecule has 1 N–H and O–H groups in total. The summed E-state index contributed by atoms with van der Waals surface area (Å²) in [7, 11) is 1.99. The quantitative estimate of drug-likeness (QED) is 0.751. The number of carbonyl (C=O) groups is 1. The monoisotopic (exact) mass is 374 g/mol. The van der Waals surface area contributed by atoms with Crippen molar-refractivity contribution < 1.29 is 9.32 Å². The second-order valence-corrected chi connectivity index (χ2v) is 7.67. The van der Waals surface area contributed by atoms with Gasteiger partial charge in [0.2, 0.25) is 0 Å². The zero-order chi connectivity index (χ0) is 18.4. The van der Waals surface area contributed by atoms with E-state index < -0.39 is 0 Å². The van der Waals surface area contributed by atoms with Crippen molar-refractivity contribution in [2.45, 2.75) is 37.0 Å². The summed E-state index contributed by atoms with van der Waals surface area (Å²) in [5.74, 6) is 2.23. The highest BCUT2D eigenvalue weighted by atomic mass is 32.2. The molecule has 1 fully saturated rings. The summed E-state index contributed by atoms with van der Waals surface area (Å²) < 4.78 is 5.10. The predicted molar refractivity (Wildman–Crippen MR) is 102 cm³/mol. The van der Waals surface area contributed by atoms with Crippen molar-refractivity contribution >= 4 is 17.7 Å². The summed E-state index contributed by atoms with van der Waals surface area (Å²) in [5, 5.41) is 7.97. The minimum Gasteiger partial charge on any atom is -0.361 e. The highest BCUT2D eigenvalue weighted by Gasteiger charge is 2.25. The Kier molecular flexibility index (Phi) is 6.68. The van der Waals surface area contributed by atoms with E-state index in [1.54, 1.807) is 6.20 Å². The Labute approximate surface area is 158 Å². The van der Waals surface area contributed by atoms with Crippen LogP contribution in [-0.4, -0.2) is 47.6 Å². The molecule has 6 nitrogen and oxygen atoms in total. The van der Waals surface area contributed by atoms with E-state index in [-0.39, 0.29) is 5.91 Å². The zero-order valence-corrected chi connectivity index (χ0v) is 16.2. The van der Waals surface area contributed by atoms with Gasteiger partial charge in [0, 0.05) is 31.1 Å². The third-order valence-electron chi connectivity index (χ3n) is 4.74. The van der Waals surface area contributed by atoms with Crippen LogP contribution in [0.4, 0.5) is 0 Å². The Morgan fingerprint density at radius 2 is 2.23 bits per heavy atom. The molecule has 0 atom stereocenters. The second kappa shape index (κ2) is 9.19. The van der Waals surface area contributed by atoms with Crippen molar-refractivity contribution in [2.75, 3.05) is 26.7 Å². The highest BCUT2D eigenvalue weighted by molar-refractivity contribution is 7.98. The maximum atomic E-state index is 13.0. The van der Waals surface area contributed by atoms with Gasteiger partial charge in [0.15, 0.2) is 0 Å². The van der Waals surface area contributed by atoms with Crippen molar-refractivity contribution in [1.29, 1.82) is 0 Å². The molecule has 1 aliphatic heterocycles. The van der Waals surface area contributed by atoms with E-state index in [1.807, 2.05) is 37.1 Å². The van der Waals surface area contributed by atoms with Gasteiger partial charge in [-0.2, -0.15) is 0 Å². The fraction of sp³-hybridized carbons (Fsp3) is 0.526. The number of nitrogens with one attached hydrogen (secondary N) is 1. The largest absolute Gasteiger partial charge is 0.361 e. The molecule has 2 aromatic heterocycles. The SMILES string of the molecule is CNCCC1CCN(C(=O)c2cccnc2SCc2cc(C)on2)CC1. The second-order valence-electron chi connectivity index (χ2n) is 6.70. The van der Waals surface area contributed by atoms with Crippen molar-refractivity contribution in [3.05, 3.63) is 41.4 Å². The van der Waals surface area contributed by atoms with Gasteiger partial charge in [0.1, 0.15) is 10.8 Å². The Hall–Kier alpha value is -1.86. The van der Waals surface area contributed by atoms with Crippen LogP contribution in [0.25, 0.3) is 0 Å². The molecule has 0 bridgehead atoms. The lowest BCUT2D eigenvalue weighted by Gasteiger charge is -2.32. The van der Waals surface area contributed by atoms with Gasteiger partial charge in [-0.25, -0.2) is 4.98 Å². The molecule has 3 heterocycles. The van der Waals surface area contributed by atoms with Crippen molar-refractivity contribution in [1.82, 2.24) is 20.4 Å². The summed E-state index contributed by atoms with van der Waals surface area (Å²) in [6, 6.07) is 5.61. The van der Waals surface area contributed by atoms with E-state index >= 15 is 0 Å². The zero-order valence-electron chi connectivity index (χ0n) is 15.4. The van der Waals surface area contributed by atoms with E-state index in [4.69, 9.17) is 4.52 Å². The smallest absolute Gasteiger partial charge is 0.256 e. The summed E-state index contributed by atoms with van der Waals surface area (Å²) >= 11 is 1.53. The highest BCUT2D eigenvalue weighted by Crippen LogP contribution is 2.27. The first-order valence-electron chi connectivity index (χ1n) is 9.11. The molecule has 26 heavy (non-hydrogen) atoms. The summed E-state index contributed by atoms with van der Waals surface area (Å²) in [6.45, 7) is 4.57. The number of pyridine rings is 1. The van der Waals surface area contributed by atoms with Gasteiger partial charge in [-0.3, -0.25) is 4.79 Å². The Morgan fingerprint density at radius 3 is 2.92 bits per heavy atom. The van der Waals surface area contributed by atoms with Crippen LogP contribution >= 0.6 is 11.8 Å². The van der Waals surface area contributed by atoms with E-state index in [9.17, 15) is 4.79 Å². The molecule has 140 valence electrons. The lowest BCUT2D eigenvalue weighted by atomic mass is 9.93. The van der Waals surface area contributed by atoms with E-state index in [0.29, 0.717) is 17.2 Å². The lowest BCUT2D eigenvalue weighted by Crippen LogP contribution is -2.39. The number of aryl methyl sites for hydroxylation is 1. The molecule has 2 aromatic rings. The number of piperidine rings is 1. The number of rotatable bonds is 7. The maximum Gasteiger partial charge on any atom is 0.256 e. The minimum atomic E-state index is 0.0870. The van der Waals surface area contributed by atoms with Crippen molar-refractivity contribution in [3.63, 3.8) is 0 Å². The first kappa shape index (κ1) is 18.9. The number of nitrogens with zero attached hydrogens (tertiary/aromatic N) is 3. The van der Waals surface area contributed by atoms with Crippen LogP contribution in [0, 0.1) is 12.8 Å². The summed E-state index contributed by atoms with van der Waals surface area (Å²) in [5.41, 5.74) is 1.55. The van der Waals surface area contributed by atoms with Crippen LogP contribution in [0.15, 0.2) is 33.9 Å². The molecule has 1 saturated heterocycles. The number of hydrogen-bond acceptors (Lipinski definition) is 6. The Bertz CT molecular complexity index is 726. The molecular weight excluding hydrogens is 348 g/mol. The van der Waals surface area contributed by atoms with Crippen LogP contribution in [0.3, 0.4) is 0 Å². The topological polar surface area (TPSA) is 71.3 Å². The molecule has 0 aliphatic carbocycles. The van der Waals surface area contributed by atoms with Crippen LogP contribution in [0.2, 0.25) is 0 Å². The average Bonchev–Trinajstić information content (AvgIpc) is 3.10. The van der Waals surface area contributed by atoms with E-state index in [1.165, 1.54) is 18.2 Å². The van der Waals surface area contributed by atoms with Gasteiger partial charge in [0.25, 0.3) is 5.91 Å². The third-order valence-corrected chi connectivity index (χ3v) is 5.78. The number of aromatic nitrogens is 2. The number of carbonyl (C=O) groups excluding carboxylic acids is 1. The predicted octanol–water partition coefficient (Wildman–Crippen LogP) is 3.13. The Morgan fingerprint density at radius 1 is 1.42 bits per heavy atom. The summed E-state index contributed by atoms with van der Waals surface area (Å²) in [4.78, 5) is 19.4. The van der Waals surface area contributed by atoms with Gasteiger partial charge >= 0.3 is 0 Å². The maximum absolute atomic E-state index is 13.0. The fourth-order valence-corrected chi connectivity index (χ4v) is 4.11. The molecule has 7 heteroatoms. The molecule has 3 rings (SSSR count). The molecule has 0 unspecified atom stereocenters. The molecule has 0 saturated carbocycles. The first-order chi connectivity index (χ1) is 12.7. The standard InChI is InChI=1S/C19H26N4O2S/c1-14-12-16(22-25-14)13-26-18-17(4-3-8-21-18)19(24)23-10-6-15(7-11-23)5-9-20-2/h3-4,8,12,15,20H,5-7,9-11,13H2,1-2H3. The average molecular weight is 375 g/mol. The molecule has 0 aromatic carbocycles. The van der Waals surface area contributed by atoms with E-state index in [0.717, 1.165) is 49.0 Å². The van der Waals surface area contributed by atoms with Crippen LogP contribution in [-0.2, 0) is 5.75 Å². The number of hydrogen-bond donors (Lipinski definition) is 1. The molecule has 1 aliphatic rings. The molecule has 0 spiro atoms.